The molecule has 1 N–H and O–H groups in total. The number of ether oxygens (including phenoxy) is 1. The summed E-state index contributed by atoms with van der Waals surface area (Å²) in [7, 11) is 4.25. The van der Waals surface area contributed by atoms with E-state index in [1.54, 1.807) is 20.3 Å². The van der Waals surface area contributed by atoms with Gasteiger partial charge in [-0.2, -0.15) is 0 Å². The molecule has 0 heterocycles. The Morgan fingerprint density at radius 3 is 2.14 bits per heavy atom. The van der Waals surface area contributed by atoms with Crippen molar-refractivity contribution in [1.82, 2.24) is 0 Å². The van der Waals surface area contributed by atoms with E-state index in [2.05, 4.69) is 10.8 Å². The van der Waals surface area contributed by atoms with Crippen LogP contribution in [0, 0.1) is 0 Å². The molecule has 0 saturated heterocycles. The Hall–Kier alpha value is -2.04. The van der Waals surface area contributed by atoms with E-state index in [-0.39, 0.29) is 0 Å². The molecular weight excluding hydrogens is 268 g/mol. The summed E-state index contributed by atoms with van der Waals surface area (Å²) < 4.78 is 4.25. The maximum atomic E-state index is 10.6. The summed E-state index contributed by atoms with van der Waals surface area (Å²) in [4.78, 5) is 20.9. The van der Waals surface area contributed by atoms with E-state index in [4.69, 9.17) is 5.11 Å². The third-order valence-electron chi connectivity index (χ3n) is 2.62. The lowest BCUT2D eigenvalue weighted by atomic mass is 10.0. The molecule has 2 rings (SSSR count). The summed E-state index contributed by atoms with van der Waals surface area (Å²) >= 11 is 0. The number of benzene rings is 2. The highest BCUT2D eigenvalue weighted by molar-refractivity contribution is 5.89. The van der Waals surface area contributed by atoms with Crippen LogP contribution in [-0.2, 0) is 16.0 Å². The van der Waals surface area contributed by atoms with E-state index < -0.39 is 0 Å². The minimum Gasteiger partial charge on any atom is -0.400 e. The SMILES string of the molecule is CO.COC.O=CCCc1ccc2cc(C=O)ccc2c1. The summed E-state index contributed by atoms with van der Waals surface area (Å²) in [6.45, 7) is 0. The number of hydrogen-bond acceptors (Lipinski definition) is 4. The Bertz CT molecular complexity index is 549. The standard InChI is InChI=1S/C14H12O2.C2H6O.CH4O/c15-7-1-2-11-3-5-14-9-12(10-16)4-6-13(14)8-11;1-3-2;1-2/h3-10H,1-2H2;1-2H3;2H,1H3. The van der Waals surface area contributed by atoms with Crippen molar-refractivity contribution < 1.29 is 19.4 Å². The zero-order valence-electron chi connectivity index (χ0n) is 12.7. The van der Waals surface area contributed by atoms with Crippen LogP contribution < -0.4 is 0 Å². The van der Waals surface area contributed by atoms with Gasteiger partial charge in [-0.1, -0.05) is 30.3 Å². The number of aliphatic hydroxyl groups is 1. The first-order valence-corrected chi connectivity index (χ1v) is 6.51. The minimum absolute atomic E-state index is 0.554. The lowest BCUT2D eigenvalue weighted by molar-refractivity contribution is -0.107. The number of methoxy groups -OCH3 is 1. The average molecular weight is 290 g/mol. The number of aryl methyl sites for hydroxylation is 1. The van der Waals surface area contributed by atoms with Crippen LogP contribution in [0.2, 0.25) is 0 Å². The van der Waals surface area contributed by atoms with Gasteiger partial charge < -0.3 is 14.6 Å². The van der Waals surface area contributed by atoms with Crippen molar-refractivity contribution in [1.29, 1.82) is 0 Å². The number of carbonyl (C=O) groups is 2. The van der Waals surface area contributed by atoms with Gasteiger partial charge in [0.25, 0.3) is 0 Å². The molecule has 0 fully saturated rings. The third-order valence-corrected chi connectivity index (χ3v) is 2.62. The van der Waals surface area contributed by atoms with E-state index in [0.717, 1.165) is 42.4 Å². The second kappa shape index (κ2) is 11.8. The summed E-state index contributed by atoms with van der Waals surface area (Å²) in [5, 5.41) is 9.16. The number of aliphatic hydroxyl groups excluding tert-OH is 1. The van der Waals surface area contributed by atoms with E-state index in [1.807, 2.05) is 24.3 Å². The Labute approximate surface area is 125 Å². The fourth-order valence-electron chi connectivity index (χ4n) is 1.77. The van der Waals surface area contributed by atoms with Crippen LogP contribution in [0.5, 0.6) is 0 Å². The molecule has 21 heavy (non-hydrogen) atoms. The van der Waals surface area contributed by atoms with Crippen molar-refractivity contribution in [3.63, 3.8) is 0 Å². The molecule has 2 aromatic rings. The van der Waals surface area contributed by atoms with Crippen molar-refractivity contribution in [3.05, 3.63) is 47.5 Å². The van der Waals surface area contributed by atoms with Gasteiger partial charge in [0.2, 0.25) is 0 Å². The van der Waals surface area contributed by atoms with E-state index >= 15 is 0 Å². The summed E-state index contributed by atoms with van der Waals surface area (Å²) in [5.41, 5.74) is 1.84. The predicted octanol–water partition coefficient (Wildman–Crippen LogP) is 2.65. The third kappa shape index (κ3) is 6.79. The van der Waals surface area contributed by atoms with Crippen LogP contribution in [0.4, 0.5) is 0 Å². The predicted molar refractivity (Wildman–Crippen MR) is 84.8 cm³/mol. The minimum atomic E-state index is 0.554. The molecule has 0 aliphatic rings. The molecule has 0 saturated carbocycles. The molecule has 4 heteroatoms. The maximum absolute atomic E-state index is 10.6. The number of rotatable bonds is 4. The summed E-state index contributed by atoms with van der Waals surface area (Å²) in [6.07, 6.45) is 3.10. The molecule has 0 aliphatic carbocycles. The summed E-state index contributed by atoms with van der Waals surface area (Å²) in [5.74, 6) is 0. The fraction of sp³-hybridized carbons (Fsp3) is 0.294. The van der Waals surface area contributed by atoms with E-state index in [0.29, 0.717) is 12.0 Å². The highest BCUT2D eigenvalue weighted by Crippen LogP contribution is 2.18. The van der Waals surface area contributed by atoms with Gasteiger partial charge in [0, 0.05) is 33.3 Å². The first kappa shape index (κ1) is 19.0. The van der Waals surface area contributed by atoms with Crippen molar-refractivity contribution in [3.8, 4) is 0 Å². The number of aldehydes is 2. The lowest BCUT2D eigenvalue weighted by Gasteiger charge is -2.02. The quantitative estimate of drug-likeness (QED) is 0.879. The van der Waals surface area contributed by atoms with Gasteiger partial charge in [0.05, 0.1) is 0 Å². The summed E-state index contributed by atoms with van der Waals surface area (Å²) in [6, 6.07) is 11.7. The molecule has 2 aromatic carbocycles. The second-order valence-electron chi connectivity index (χ2n) is 4.17. The molecule has 114 valence electrons. The van der Waals surface area contributed by atoms with Gasteiger partial charge in [-0.05, 0) is 28.8 Å². The highest BCUT2D eigenvalue weighted by atomic mass is 16.4. The van der Waals surface area contributed by atoms with Gasteiger partial charge in [-0.25, -0.2) is 0 Å². The molecule has 0 unspecified atom stereocenters. The van der Waals surface area contributed by atoms with Crippen LogP contribution >= 0.6 is 0 Å². The second-order valence-corrected chi connectivity index (χ2v) is 4.17. The Morgan fingerprint density at radius 2 is 1.57 bits per heavy atom. The zero-order valence-corrected chi connectivity index (χ0v) is 12.7. The van der Waals surface area contributed by atoms with Gasteiger partial charge >= 0.3 is 0 Å². The molecule has 0 atom stereocenters. The van der Waals surface area contributed by atoms with Crippen LogP contribution in [0.15, 0.2) is 36.4 Å². The smallest absolute Gasteiger partial charge is 0.150 e. The molecular formula is C17H22O4. The topological polar surface area (TPSA) is 63.6 Å². The van der Waals surface area contributed by atoms with Crippen LogP contribution in [0.3, 0.4) is 0 Å². The first-order valence-electron chi connectivity index (χ1n) is 6.51. The van der Waals surface area contributed by atoms with Crippen LogP contribution in [0.25, 0.3) is 10.8 Å². The molecule has 0 aliphatic heterocycles. The lowest BCUT2D eigenvalue weighted by Crippen LogP contribution is -1.87. The normalized spacial score (nSPS) is 8.95. The highest BCUT2D eigenvalue weighted by Gasteiger charge is 1.98. The number of hydrogen-bond donors (Lipinski definition) is 1. The van der Waals surface area contributed by atoms with Crippen molar-refractivity contribution in [2.45, 2.75) is 12.8 Å². The maximum Gasteiger partial charge on any atom is 0.150 e. The van der Waals surface area contributed by atoms with Crippen LogP contribution in [0.1, 0.15) is 22.3 Å². The molecule has 0 spiro atoms. The largest absolute Gasteiger partial charge is 0.400 e. The van der Waals surface area contributed by atoms with Crippen molar-refractivity contribution in [2.75, 3.05) is 21.3 Å². The Balaban J connectivity index is 0.000000713. The molecule has 4 nitrogen and oxygen atoms in total. The van der Waals surface area contributed by atoms with Crippen molar-refractivity contribution >= 4 is 23.3 Å². The molecule has 0 amide bonds. The number of carbonyl (C=O) groups excluding carboxylic acids is 2. The van der Waals surface area contributed by atoms with Gasteiger partial charge in [0.15, 0.2) is 0 Å². The average Bonchev–Trinajstić information content (AvgIpc) is 2.55. The Kier molecular flexibility index (Phi) is 10.6. The molecule has 0 bridgehead atoms. The zero-order chi connectivity index (χ0) is 16.1. The van der Waals surface area contributed by atoms with Gasteiger partial charge in [0.1, 0.15) is 12.6 Å². The van der Waals surface area contributed by atoms with E-state index in [9.17, 15) is 9.59 Å². The van der Waals surface area contributed by atoms with Gasteiger partial charge in [-0.3, -0.25) is 4.79 Å². The van der Waals surface area contributed by atoms with Gasteiger partial charge in [-0.15, -0.1) is 0 Å². The van der Waals surface area contributed by atoms with E-state index in [1.165, 1.54) is 0 Å². The van der Waals surface area contributed by atoms with Crippen molar-refractivity contribution in [2.24, 2.45) is 0 Å². The number of fused-ring (bicyclic) bond motifs is 1. The molecule has 0 radical (unpaired) electrons. The Morgan fingerprint density at radius 1 is 1.00 bits per heavy atom. The molecule has 0 aromatic heterocycles. The fourth-order valence-corrected chi connectivity index (χ4v) is 1.77. The van der Waals surface area contributed by atoms with Crippen LogP contribution in [-0.4, -0.2) is 39.0 Å². The monoisotopic (exact) mass is 290 g/mol. The first-order chi connectivity index (χ1) is 10.2.